The van der Waals surface area contributed by atoms with Crippen molar-refractivity contribution in [3.05, 3.63) is 59.1 Å². The summed E-state index contributed by atoms with van der Waals surface area (Å²) in [5, 5.41) is 0. The average Bonchev–Trinajstić information content (AvgIpc) is 2.73. The molecule has 84 valence electrons. The van der Waals surface area contributed by atoms with Crippen molar-refractivity contribution in [3.63, 3.8) is 0 Å². The monoisotopic (exact) mass is 290 g/mol. The molecule has 0 amide bonds. The summed E-state index contributed by atoms with van der Waals surface area (Å²) in [6.45, 7) is 0. The predicted molar refractivity (Wildman–Crippen MR) is 68.7 cm³/mol. The molecule has 0 aliphatic heterocycles. The second-order valence-electron chi connectivity index (χ2n) is 3.72. The molecular formula is C13H8BrFN2. The molecule has 0 atom stereocenters. The summed E-state index contributed by atoms with van der Waals surface area (Å²) < 4.78 is 16.1. The average molecular weight is 291 g/mol. The number of hydrogen-bond acceptors (Lipinski definition) is 1. The summed E-state index contributed by atoms with van der Waals surface area (Å²) in [4.78, 5) is 4.24. The van der Waals surface area contributed by atoms with Crippen LogP contribution in [0.3, 0.4) is 0 Å². The standard InChI is InChI=1S/C13H8BrFN2/c14-9-1-4-11(5-2-9)17-8-16-12-6-3-10(15)7-13(12)17/h1-8H. The van der Waals surface area contributed by atoms with Gasteiger partial charge >= 0.3 is 0 Å². The van der Waals surface area contributed by atoms with Gasteiger partial charge in [0.05, 0.1) is 11.0 Å². The highest BCUT2D eigenvalue weighted by Gasteiger charge is 2.05. The first-order valence-electron chi connectivity index (χ1n) is 5.12. The van der Waals surface area contributed by atoms with E-state index in [2.05, 4.69) is 20.9 Å². The molecule has 17 heavy (non-hydrogen) atoms. The third-order valence-corrected chi connectivity index (χ3v) is 3.14. The van der Waals surface area contributed by atoms with E-state index >= 15 is 0 Å². The third kappa shape index (κ3) is 1.85. The normalized spacial score (nSPS) is 10.9. The number of benzene rings is 2. The van der Waals surface area contributed by atoms with Crippen molar-refractivity contribution in [2.75, 3.05) is 0 Å². The Morgan fingerprint density at radius 2 is 1.82 bits per heavy atom. The molecule has 0 spiro atoms. The summed E-state index contributed by atoms with van der Waals surface area (Å²) in [5.74, 6) is -0.253. The minimum absolute atomic E-state index is 0.253. The second kappa shape index (κ2) is 3.96. The maximum atomic E-state index is 13.2. The van der Waals surface area contributed by atoms with Gasteiger partial charge in [0.2, 0.25) is 0 Å². The highest BCUT2D eigenvalue weighted by Crippen LogP contribution is 2.20. The molecule has 1 aromatic heterocycles. The van der Waals surface area contributed by atoms with Crippen molar-refractivity contribution in [2.45, 2.75) is 0 Å². The van der Waals surface area contributed by atoms with Crippen LogP contribution in [0.25, 0.3) is 16.7 Å². The Kier molecular flexibility index (Phi) is 2.44. The van der Waals surface area contributed by atoms with Crippen LogP contribution >= 0.6 is 15.9 Å². The van der Waals surface area contributed by atoms with Crippen LogP contribution in [0.4, 0.5) is 4.39 Å². The van der Waals surface area contributed by atoms with Crippen molar-refractivity contribution in [1.29, 1.82) is 0 Å². The second-order valence-corrected chi connectivity index (χ2v) is 4.64. The number of imidazole rings is 1. The quantitative estimate of drug-likeness (QED) is 0.664. The fourth-order valence-electron chi connectivity index (χ4n) is 1.79. The summed E-state index contributed by atoms with van der Waals surface area (Å²) in [5.41, 5.74) is 2.52. The van der Waals surface area contributed by atoms with Gasteiger partial charge in [0, 0.05) is 16.2 Å². The topological polar surface area (TPSA) is 17.8 Å². The molecule has 0 radical (unpaired) electrons. The number of hydrogen-bond donors (Lipinski definition) is 0. The van der Waals surface area contributed by atoms with Gasteiger partial charge in [0.1, 0.15) is 12.1 Å². The zero-order valence-corrected chi connectivity index (χ0v) is 10.4. The summed E-state index contributed by atoms with van der Waals surface area (Å²) in [7, 11) is 0. The van der Waals surface area contributed by atoms with E-state index in [4.69, 9.17) is 0 Å². The minimum atomic E-state index is -0.253. The summed E-state index contributed by atoms with van der Waals surface area (Å²) in [6, 6.07) is 12.4. The molecule has 2 nitrogen and oxygen atoms in total. The van der Waals surface area contributed by atoms with Gasteiger partial charge in [0.15, 0.2) is 0 Å². The molecule has 2 aromatic carbocycles. The van der Waals surface area contributed by atoms with E-state index in [1.165, 1.54) is 12.1 Å². The highest BCUT2D eigenvalue weighted by molar-refractivity contribution is 9.10. The lowest BCUT2D eigenvalue weighted by molar-refractivity contribution is 0.629. The minimum Gasteiger partial charge on any atom is -0.299 e. The number of rotatable bonds is 1. The molecule has 0 bridgehead atoms. The van der Waals surface area contributed by atoms with Crippen molar-refractivity contribution in [2.24, 2.45) is 0 Å². The van der Waals surface area contributed by atoms with E-state index in [-0.39, 0.29) is 5.82 Å². The van der Waals surface area contributed by atoms with Crippen molar-refractivity contribution >= 4 is 27.0 Å². The maximum Gasteiger partial charge on any atom is 0.125 e. The number of halogens is 2. The Morgan fingerprint density at radius 1 is 1.06 bits per heavy atom. The zero-order chi connectivity index (χ0) is 11.8. The lowest BCUT2D eigenvalue weighted by Gasteiger charge is -2.04. The Bertz CT molecular complexity index is 673. The smallest absolute Gasteiger partial charge is 0.125 e. The van der Waals surface area contributed by atoms with E-state index in [0.29, 0.717) is 0 Å². The maximum absolute atomic E-state index is 13.2. The van der Waals surface area contributed by atoms with Gasteiger partial charge < -0.3 is 0 Å². The van der Waals surface area contributed by atoms with Gasteiger partial charge in [-0.25, -0.2) is 9.37 Å². The molecule has 3 rings (SSSR count). The van der Waals surface area contributed by atoms with Crippen LogP contribution < -0.4 is 0 Å². The largest absolute Gasteiger partial charge is 0.299 e. The number of aromatic nitrogens is 2. The van der Waals surface area contributed by atoms with Crippen molar-refractivity contribution in [1.82, 2.24) is 9.55 Å². The van der Waals surface area contributed by atoms with Crippen LogP contribution in [-0.2, 0) is 0 Å². The van der Waals surface area contributed by atoms with E-state index in [1.54, 1.807) is 12.4 Å². The first-order valence-corrected chi connectivity index (χ1v) is 5.92. The summed E-state index contributed by atoms with van der Waals surface area (Å²) >= 11 is 3.39. The molecule has 0 aliphatic rings. The highest BCUT2D eigenvalue weighted by atomic mass is 79.9. The number of fused-ring (bicyclic) bond motifs is 1. The van der Waals surface area contributed by atoms with Crippen LogP contribution in [0, 0.1) is 5.82 Å². The van der Waals surface area contributed by atoms with Crippen LogP contribution in [0.1, 0.15) is 0 Å². The lowest BCUT2D eigenvalue weighted by Crippen LogP contribution is -1.91. The lowest BCUT2D eigenvalue weighted by atomic mass is 10.3. The zero-order valence-electron chi connectivity index (χ0n) is 8.77. The molecule has 0 N–H and O–H groups in total. The van der Waals surface area contributed by atoms with Crippen molar-refractivity contribution in [3.8, 4) is 5.69 Å². The first kappa shape index (κ1) is 10.5. The van der Waals surface area contributed by atoms with Gasteiger partial charge in [-0.1, -0.05) is 15.9 Å². The molecule has 0 fully saturated rings. The SMILES string of the molecule is Fc1ccc2ncn(-c3ccc(Br)cc3)c2c1. The molecular weight excluding hydrogens is 283 g/mol. The molecule has 1 heterocycles. The van der Waals surface area contributed by atoms with E-state index in [1.807, 2.05) is 28.8 Å². The molecule has 0 saturated heterocycles. The summed E-state index contributed by atoms with van der Waals surface area (Å²) in [6.07, 6.45) is 1.70. The Labute approximate surface area is 106 Å². The van der Waals surface area contributed by atoms with E-state index in [0.717, 1.165) is 21.2 Å². The fraction of sp³-hybridized carbons (Fsp3) is 0. The van der Waals surface area contributed by atoms with Crippen LogP contribution in [-0.4, -0.2) is 9.55 Å². The van der Waals surface area contributed by atoms with E-state index in [9.17, 15) is 4.39 Å². The van der Waals surface area contributed by atoms with Gasteiger partial charge in [-0.2, -0.15) is 0 Å². The van der Waals surface area contributed by atoms with Crippen LogP contribution in [0.5, 0.6) is 0 Å². The van der Waals surface area contributed by atoms with E-state index < -0.39 is 0 Å². The number of nitrogens with zero attached hydrogens (tertiary/aromatic N) is 2. The Balaban J connectivity index is 2.23. The fourth-order valence-corrected chi connectivity index (χ4v) is 2.05. The predicted octanol–water partition coefficient (Wildman–Crippen LogP) is 3.93. The molecule has 0 unspecified atom stereocenters. The van der Waals surface area contributed by atoms with Crippen LogP contribution in [0.15, 0.2) is 53.3 Å². The Hall–Kier alpha value is -1.68. The van der Waals surface area contributed by atoms with Gasteiger partial charge in [-0.3, -0.25) is 4.57 Å². The Morgan fingerprint density at radius 3 is 2.59 bits per heavy atom. The van der Waals surface area contributed by atoms with Gasteiger partial charge in [0.25, 0.3) is 0 Å². The van der Waals surface area contributed by atoms with Crippen molar-refractivity contribution < 1.29 is 4.39 Å². The first-order chi connectivity index (χ1) is 8.24. The molecule has 3 aromatic rings. The van der Waals surface area contributed by atoms with Crippen LogP contribution in [0.2, 0.25) is 0 Å². The third-order valence-electron chi connectivity index (χ3n) is 2.61. The molecule has 0 saturated carbocycles. The molecule has 0 aliphatic carbocycles. The van der Waals surface area contributed by atoms with Gasteiger partial charge in [-0.15, -0.1) is 0 Å². The molecule has 4 heteroatoms. The van der Waals surface area contributed by atoms with Gasteiger partial charge in [-0.05, 0) is 36.4 Å².